The molecule has 0 spiro atoms. The average Bonchev–Trinajstić information content (AvgIpc) is 2.02. The third kappa shape index (κ3) is 9.92. The second-order valence-electron chi connectivity index (χ2n) is 3.39. The lowest BCUT2D eigenvalue weighted by Crippen LogP contribution is -2.03. The van der Waals surface area contributed by atoms with E-state index in [0.717, 1.165) is 12.5 Å². The lowest BCUT2D eigenvalue weighted by atomic mass is 10.2. The lowest BCUT2D eigenvalue weighted by molar-refractivity contribution is 0.572. The van der Waals surface area contributed by atoms with Crippen LogP contribution in [0.25, 0.3) is 0 Å². The molecular formula is C10H22OSi. The highest BCUT2D eigenvalue weighted by Crippen LogP contribution is 2.02. The fourth-order valence-electron chi connectivity index (χ4n) is 1.09. The van der Waals surface area contributed by atoms with Crippen molar-refractivity contribution in [1.82, 2.24) is 0 Å². The molecule has 1 unspecified atom stereocenters. The number of hydrogen-bond donors (Lipinski definition) is 1. The smallest absolute Gasteiger partial charge is 0.169 e. The van der Waals surface area contributed by atoms with E-state index in [0.29, 0.717) is 0 Å². The summed E-state index contributed by atoms with van der Waals surface area (Å²) in [5.74, 6) is 0. The zero-order chi connectivity index (χ0) is 9.23. The summed E-state index contributed by atoms with van der Waals surface area (Å²) in [5.41, 5.74) is 0. The average molecular weight is 186 g/mol. The summed E-state index contributed by atoms with van der Waals surface area (Å²) >= 11 is 0. The third-order valence-electron chi connectivity index (χ3n) is 1.88. The molecule has 72 valence electrons. The predicted octanol–water partition coefficient (Wildman–Crippen LogP) is 2.86. The van der Waals surface area contributed by atoms with Gasteiger partial charge in [0.15, 0.2) is 9.04 Å². The van der Waals surface area contributed by atoms with Gasteiger partial charge in [-0.25, -0.2) is 0 Å². The topological polar surface area (TPSA) is 20.2 Å². The second kappa shape index (κ2) is 9.01. The highest BCUT2D eigenvalue weighted by Gasteiger charge is 1.95. The first-order valence-electron chi connectivity index (χ1n) is 5.10. The zero-order valence-corrected chi connectivity index (χ0v) is 9.58. The van der Waals surface area contributed by atoms with Crippen molar-refractivity contribution in [2.45, 2.75) is 51.6 Å². The van der Waals surface area contributed by atoms with Crippen molar-refractivity contribution >= 4 is 9.04 Å². The zero-order valence-electron chi connectivity index (χ0n) is 8.42. The Hall–Kier alpha value is -0.0831. The summed E-state index contributed by atoms with van der Waals surface area (Å²) in [7, 11) is -1.27. The molecule has 0 rings (SSSR count). The number of unbranched alkanes of at least 4 members (excludes halogenated alkanes) is 3. The van der Waals surface area contributed by atoms with Gasteiger partial charge >= 0.3 is 0 Å². The number of hydrogen-bond acceptors (Lipinski definition) is 1. The highest BCUT2D eigenvalue weighted by molar-refractivity contribution is 6.48. The van der Waals surface area contributed by atoms with Gasteiger partial charge in [0, 0.05) is 0 Å². The Labute approximate surface area is 78.2 Å². The van der Waals surface area contributed by atoms with Crippen molar-refractivity contribution in [2.75, 3.05) is 0 Å². The van der Waals surface area contributed by atoms with Crippen LogP contribution in [-0.2, 0) is 0 Å². The van der Waals surface area contributed by atoms with Crippen molar-refractivity contribution in [3.8, 4) is 0 Å². The van der Waals surface area contributed by atoms with Crippen LogP contribution in [0, 0.1) is 0 Å². The highest BCUT2D eigenvalue weighted by atomic mass is 28.3. The summed E-state index contributed by atoms with van der Waals surface area (Å²) in [6, 6.07) is 1.07. The molecule has 1 atom stereocenters. The van der Waals surface area contributed by atoms with Crippen LogP contribution in [0.15, 0.2) is 12.2 Å². The van der Waals surface area contributed by atoms with Crippen LogP contribution in [0.5, 0.6) is 0 Å². The maximum Gasteiger partial charge on any atom is 0.169 e. The molecule has 0 saturated carbocycles. The molecule has 1 N–H and O–H groups in total. The Morgan fingerprint density at radius 1 is 1.17 bits per heavy atom. The van der Waals surface area contributed by atoms with Gasteiger partial charge in [-0.1, -0.05) is 38.3 Å². The van der Waals surface area contributed by atoms with Gasteiger partial charge in [0.25, 0.3) is 0 Å². The fourth-order valence-corrected chi connectivity index (χ4v) is 1.92. The first kappa shape index (κ1) is 11.9. The molecule has 0 bridgehead atoms. The van der Waals surface area contributed by atoms with Gasteiger partial charge in [0.2, 0.25) is 0 Å². The molecule has 1 nitrogen and oxygen atoms in total. The first-order chi connectivity index (χ1) is 5.77. The van der Waals surface area contributed by atoms with Crippen molar-refractivity contribution in [1.29, 1.82) is 0 Å². The van der Waals surface area contributed by atoms with Gasteiger partial charge in [-0.3, -0.25) is 0 Å². The number of allylic oxidation sites excluding steroid dienone is 2. The summed E-state index contributed by atoms with van der Waals surface area (Å²) in [4.78, 5) is 9.11. The van der Waals surface area contributed by atoms with Crippen LogP contribution in [-0.4, -0.2) is 13.8 Å². The molecule has 0 aliphatic heterocycles. The molecule has 0 fully saturated rings. The Kier molecular flexibility index (Phi) is 8.95. The monoisotopic (exact) mass is 186 g/mol. The van der Waals surface area contributed by atoms with Crippen LogP contribution in [0.1, 0.15) is 39.0 Å². The molecule has 2 heteroatoms. The molecule has 0 aromatic heterocycles. The van der Waals surface area contributed by atoms with E-state index in [4.69, 9.17) is 4.80 Å². The summed E-state index contributed by atoms with van der Waals surface area (Å²) in [6.07, 6.45) is 10.7. The molecule has 0 saturated heterocycles. The third-order valence-corrected chi connectivity index (χ3v) is 3.13. The molecule has 12 heavy (non-hydrogen) atoms. The fraction of sp³-hybridized carbons (Fsp3) is 0.800. The van der Waals surface area contributed by atoms with Crippen LogP contribution in [0.4, 0.5) is 0 Å². The van der Waals surface area contributed by atoms with Crippen LogP contribution >= 0.6 is 0 Å². The Balaban J connectivity index is 3.03. The molecular weight excluding hydrogens is 164 g/mol. The second-order valence-corrected chi connectivity index (χ2v) is 5.67. The summed E-state index contributed by atoms with van der Waals surface area (Å²) < 4.78 is 0. The maximum atomic E-state index is 9.11. The van der Waals surface area contributed by atoms with E-state index in [-0.39, 0.29) is 0 Å². The van der Waals surface area contributed by atoms with Gasteiger partial charge in [0.05, 0.1) is 0 Å². The molecule has 0 aliphatic rings. The minimum absolute atomic E-state index is 1.07. The number of rotatable bonds is 7. The largest absolute Gasteiger partial charge is 0.435 e. The molecule has 0 radical (unpaired) electrons. The maximum absolute atomic E-state index is 9.11. The van der Waals surface area contributed by atoms with Gasteiger partial charge in [-0.05, 0) is 25.4 Å². The first-order valence-corrected chi connectivity index (χ1v) is 7.59. The normalized spacial score (nSPS) is 13.9. The molecule has 0 heterocycles. The predicted molar refractivity (Wildman–Crippen MR) is 57.9 cm³/mol. The van der Waals surface area contributed by atoms with E-state index in [1.54, 1.807) is 0 Å². The molecule has 0 amide bonds. The van der Waals surface area contributed by atoms with Crippen LogP contribution in [0.3, 0.4) is 0 Å². The SMILES string of the molecule is CCCCC=CCCC[SiH](C)O. The van der Waals surface area contributed by atoms with Crippen LogP contribution in [0.2, 0.25) is 12.6 Å². The molecule has 0 aromatic carbocycles. The minimum atomic E-state index is -1.27. The van der Waals surface area contributed by atoms with Crippen molar-refractivity contribution in [2.24, 2.45) is 0 Å². The van der Waals surface area contributed by atoms with Gasteiger partial charge in [0.1, 0.15) is 0 Å². The van der Waals surface area contributed by atoms with Crippen molar-refractivity contribution in [3.05, 3.63) is 12.2 Å². The van der Waals surface area contributed by atoms with E-state index in [1.807, 2.05) is 6.55 Å². The van der Waals surface area contributed by atoms with Crippen molar-refractivity contribution in [3.63, 3.8) is 0 Å². The summed E-state index contributed by atoms with van der Waals surface area (Å²) in [6.45, 7) is 4.20. The van der Waals surface area contributed by atoms with Crippen LogP contribution < -0.4 is 0 Å². The quantitative estimate of drug-likeness (QED) is 0.368. The van der Waals surface area contributed by atoms with E-state index < -0.39 is 9.04 Å². The minimum Gasteiger partial charge on any atom is -0.435 e. The van der Waals surface area contributed by atoms with Gasteiger partial charge < -0.3 is 4.80 Å². The van der Waals surface area contributed by atoms with E-state index in [1.165, 1.54) is 25.7 Å². The standard InChI is InChI=1S/C10H22OSi/c1-3-4-5-6-7-8-9-10-12(2)11/h6-7,11-12H,3-5,8-10H2,1-2H3. The molecule has 0 aliphatic carbocycles. The Bertz CT molecular complexity index is 110. The van der Waals surface area contributed by atoms with Gasteiger partial charge in [-0.15, -0.1) is 0 Å². The summed E-state index contributed by atoms with van der Waals surface area (Å²) in [5, 5.41) is 0. The Morgan fingerprint density at radius 2 is 1.75 bits per heavy atom. The van der Waals surface area contributed by atoms with E-state index >= 15 is 0 Å². The molecule has 0 aromatic rings. The van der Waals surface area contributed by atoms with E-state index in [2.05, 4.69) is 19.1 Å². The van der Waals surface area contributed by atoms with Crippen molar-refractivity contribution < 1.29 is 4.80 Å². The van der Waals surface area contributed by atoms with Gasteiger partial charge in [-0.2, -0.15) is 0 Å². The Morgan fingerprint density at radius 3 is 2.25 bits per heavy atom. The van der Waals surface area contributed by atoms with E-state index in [9.17, 15) is 0 Å². The lowest BCUT2D eigenvalue weighted by Gasteiger charge is -1.97.